The molecule has 2 N–H and O–H groups in total. The van der Waals surface area contributed by atoms with E-state index in [1.807, 2.05) is 6.07 Å². The number of amides is 1. The highest BCUT2D eigenvalue weighted by atomic mass is 79.9. The number of methoxy groups -OCH3 is 1. The van der Waals surface area contributed by atoms with Crippen LogP contribution in [0.5, 0.6) is 5.75 Å². The Morgan fingerprint density at radius 2 is 2.15 bits per heavy atom. The number of carbonyl (C=O) groups excluding carboxylic acids is 1. The molecule has 0 saturated heterocycles. The minimum absolute atomic E-state index is 0.208. The van der Waals surface area contributed by atoms with E-state index in [1.165, 1.54) is 12.0 Å². The smallest absolute Gasteiger partial charge is 0.217 e. The molecule has 5 heteroatoms. The lowest BCUT2D eigenvalue weighted by molar-refractivity contribution is -0.118. The molecular formula is C15H19Br2NO2. The molecule has 1 aromatic rings. The number of benzene rings is 1. The monoisotopic (exact) mass is 403 g/mol. The maximum Gasteiger partial charge on any atom is 0.217 e. The van der Waals surface area contributed by atoms with Crippen LogP contribution in [0.2, 0.25) is 0 Å². The number of hydrogen-bond donors (Lipinski definition) is 1. The quantitative estimate of drug-likeness (QED) is 0.771. The van der Waals surface area contributed by atoms with Gasteiger partial charge < -0.3 is 10.5 Å². The first-order chi connectivity index (χ1) is 9.43. The molecule has 3 unspecified atom stereocenters. The summed E-state index contributed by atoms with van der Waals surface area (Å²) in [6.45, 7) is 2.21. The molecule has 1 fully saturated rings. The third kappa shape index (κ3) is 3.55. The number of halogens is 2. The van der Waals surface area contributed by atoms with Gasteiger partial charge in [-0.25, -0.2) is 0 Å². The van der Waals surface area contributed by atoms with Crippen molar-refractivity contribution in [2.75, 3.05) is 7.11 Å². The van der Waals surface area contributed by atoms with E-state index in [1.54, 1.807) is 7.11 Å². The lowest BCUT2D eigenvalue weighted by Crippen LogP contribution is -2.12. The number of nitrogens with two attached hydrogens (primary N) is 1. The molecule has 3 nitrogen and oxygen atoms in total. The van der Waals surface area contributed by atoms with Gasteiger partial charge in [-0.1, -0.05) is 22.9 Å². The average Bonchev–Trinajstić information content (AvgIpc) is 3.16. The van der Waals surface area contributed by atoms with Crippen molar-refractivity contribution in [3.05, 3.63) is 26.6 Å². The SMILES string of the molecule is COc1cc(C2CC2C(C)CCC(N)=O)c(Br)cc1Br. The van der Waals surface area contributed by atoms with Gasteiger partial charge in [-0.15, -0.1) is 0 Å². The number of hydrogen-bond acceptors (Lipinski definition) is 2. The van der Waals surface area contributed by atoms with Crippen LogP contribution in [0.15, 0.2) is 21.1 Å². The number of primary amides is 1. The molecule has 2 rings (SSSR count). The fourth-order valence-corrected chi connectivity index (χ4v) is 4.22. The van der Waals surface area contributed by atoms with Crippen LogP contribution < -0.4 is 10.5 Å². The summed E-state index contributed by atoms with van der Waals surface area (Å²) in [4.78, 5) is 10.9. The molecule has 20 heavy (non-hydrogen) atoms. The molecule has 1 aliphatic carbocycles. The van der Waals surface area contributed by atoms with E-state index in [-0.39, 0.29) is 5.91 Å². The summed E-state index contributed by atoms with van der Waals surface area (Å²) in [7, 11) is 1.68. The maximum absolute atomic E-state index is 10.9. The Hall–Kier alpha value is -0.550. The summed E-state index contributed by atoms with van der Waals surface area (Å²) in [5, 5.41) is 0. The van der Waals surface area contributed by atoms with Gasteiger partial charge in [0.05, 0.1) is 11.6 Å². The minimum atomic E-state index is -0.208. The molecule has 110 valence electrons. The van der Waals surface area contributed by atoms with Crippen LogP contribution in [0.4, 0.5) is 0 Å². The van der Waals surface area contributed by atoms with Crippen molar-refractivity contribution in [1.82, 2.24) is 0 Å². The Bertz CT molecular complexity index is 519. The molecule has 1 saturated carbocycles. The molecule has 0 bridgehead atoms. The standard InChI is InChI=1S/C15H19Br2NO2/c1-8(3-4-15(18)19)9-5-10(9)11-6-14(20-2)13(17)7-12(11)16/h6-10H,3-5H2,1-2H3,(H2,18,19). The number of rotatable bonds is 6. The minimum Gasteiger partial charge on any atom is -0.496 e. The highest BCUT2D eigenvalue weighted by Crippen LogP contribution is 2.55. The van der Waals surface area contributed by atoms with Crippen LogP contribution in [0.3, 0.4) is 0 Å². The first-order valence-corrected chi connectivity index (χ1v) is 8.33. The van der Waals surface area contributed by atoms with Crippen molar-refractivity contribution < 1.29 is 9.53 Å². The van der Waals surface area contributed by atoms with Crippen LogP contribution in [0, 0.1) is 11.8 Å². The Morgan fingerprint density at radius 1 is 1.45 bits per heavy atom. The van der Waals surface area contributed by atoms with Crippen molar-refractivity contribution in [2.24, 2.45) is 17.6 Å². The number of ether oxygens (including phenoxy) is 1. The van der Waals surface area contributed by atoms with Gasteiger partial charge in [-0.2, -0.15) is 0 Å². The van der Waals surface area contributed by atoms with Crippen molar-refractivity contribution >= 4 is 37.8 Å². The molecular weight excluding hydrogens is 386 g/mol. The molecule has 1 aromatic carbocycles. The van der Waals surface area contributed by atoms with E-state index in [2.05, 4.69) is 44.8 Å². The Labute approximate surface area is 136 Å². The Morgan fingerprint density at radius 3 is 2.75 bits per heavy atom. The summed E-state index contributed by atoms with van der Waals surface area (Å²) in [6.07, 6.45) is 2.53. The highest BCUT2D eigenvalue weighted by molar-refractivity contribution is 9.11. The third-order valence-electron chi connectivity index (χ3n) is 4.09. The first kappa shape index (κ1) is 15.8. The van der Waals surface area contributed by atoms with Crippen molar-refractivity contribution in [1.29, 1.82) is 0 Å². The third-order valence-corrected chi connectivity index (χ3v) is 5.39. The van der Waals surface area contributed by atoms with E-state index in [4.69, 9.17) is 10.5 Å². The van der Waals surface area contributed by atoms with Gasteiger partial charge in [0.15, 0.2) is 0 Å². The molecule has 3 atom stereocenters. The Kier molecular flexibility index (Phi) is 5.13. The van der Waals surface area contributed by atoms with E-state index in [0.717, 1.165) is 21.1 Å². The van der Waals surface area contributed by atoms with Crippen molar-refractivity contribution in [2.45, 2.75) is 32.1 Å². The Balaban J connectivity index is 2.06. The summed E-state index contributed by atoms with van der Waals surface area (Å²) >= 11 is 7.12. The molecule has 0 spiro atoms. The second-order valence-corrected chi connectivity index (χ2v) is 7.21. The topological polar surface area (TPSA) is 52.3 Å². The lowest BCUT2D eigenvalue weighted by atomic mass is 9.96. The molecule has 0 aliphatic heterocycles. The van der Waals surface area contributed by atoms with Crippen molar-refractivity contribution in [3.8, 4) is 5.75 Å². The maximum atomic E-state index is 10.9. The van der Waals surface area contributed by atoms with Crippen LogP contribution in [-0.4, -0.2) is 13.0 Å². The molecule has 0 radical (unpaired) electrons. The zero-order valence-electron chi connectivity index (χ0n) is 11.7. The van der Waals surface area contributed by atoms with E-state index in [0.29, 0.717) is 24.2 Å². The van der Waals surface area contributed by atoms with Gasteiger partial charge in [-0.05, 0) is 64.2 Å². The van der Waals surface area contributed by atoms with E-state index in [9.17, 15) is 4.79 Å². The second kappa shape index (κ2) is 6.48. The molecule has 0 aromatic heterocycles. The number of carbonyl (C=O) groups is 1. The fraction of sp³-hybridized carbons (Fsp3) is 0.533. The summed E-state index contributed by atoms with van der Waals surface area (Å²) < 4.78 is 7.43. The van der Waals surface area contributed by atoms with Gasteiger partial charge in [0.2, 0.25) is 5.91 Å². The fourth-order valence-electron chi connectivity index (χ4n) is 2.77. The molecule has 0 heterocycles. The largest absolute Gasteiger partial charge is 0.496 e. The molecule has 1 aliphatic rings. The predicted molar refractivity (Wildman–Crippen MR) is 86.8 cm³/mol. The summed E-state index contributed by atoms with van der Waals surface area (Å²) in [5.74, 6) is 2.36. The van der Waals surface area contributed by atoms with Crippen LogP contribution in [0.1, 0.15) is 37.7 Å². The first-order valence-electron chi connectivity index (χ1n) is 6.75. The van der Waals surface area contributed by atoms with Crippen LogP contribution in [-0.2, 0) is 4.79 Å². The van der Waals surface area contributed by atoms with Gasteiger partial charge >= 0.3 is 0 Å². The van der Waals surface area contributed by atoms with Gasteiger partial charge in [0.25, 0.3) is 0 Å². The van der Waals surface area contributed by atoms with Gasteiger partial charge in [-0.3, -0.25) is 4.79 Å². The lowest BCUT2D eigenvalue weighted by Gasteiger charge is -2.12. The van der Waals surface area contributed by atoms with E-state index < -0.39 is 0 Å². The summed E-state index contributed by atoms with van der Waals surface area (Å²) in [6, 6.07) is 4.14. The van der Waals surface area contributed by atoms with Gasteiger partial charge in [0.1, 0.15) is 5.75 Å². The van der Waals surface area contributed by atoms with Crippen LogP contribution in [0.25, 0.3) is 0 Å². The zero-order chi connectivity index (χ0) is 14.9. The second-order valence-electron chi connectivity index (χ2n) is 5.50. The highest BCUT2D eigenvalue weighted by Gasteiger charge is 2.42. The van der Waals surface area contributed by atoms with Crippen molar-refractivity contribution in [3.63, 3.8) is 0 Å². The predicted octanol–water partition coefficient (Wildman–Crippen LogP) is 4.23. The summed E-state index contributed by atoms with van der Waals surface area (Å²) in [5.41, 5.74) is 6.51. The van der Waals surface area contributed by atoms with E-state index >= 15 is 0 Å². The normalized spacial score (nSPS) is 22.4. The molecule has 1 amide bonds. The average molecular weight is 405 g/mol. The zero-order valence-corrected chi connectivity index (χ0v) is 14.8. The van der Waals surface area contributed by atoms with Gasteiger partial charge in [0, 0.05) is 10.9 Å². The van der Waals surface area contributed by atoms with Crippen LogP contribution >= 0.6 is 31.9 Å².